The first-order chi connectivity index (χ1) is 16.4. The number of fused-ring (bicyclic) bond motifs is 1. The predicted octanol–water partition coefficient (Wildman–Crippen LogP) is 5.27. The zero-order valence-electron chi connectivity index (χ0n) is 20.5. The molecule has 0 saturated heterocycles. The number of likely N-dealkylation sites (N-methyl/N-ethyl adjacent to an activating group) is 1. The second kappa shape index (κ2) is 13.3. The number of carbonyl (C=O) groups is 1. The molecule has 190 valence electrons. The summed E-state index contributed by atoms with van der Waals surface area (Å²) in [5, 5.41) is 0.535. The van der Waals surface area contributed by atoms with E-state index >= 15 is 0 Å². The lowest BCUT2D eigenvalue weighted by atomic mass is 10.1. The van der Waals surface area contributed by atoms with Crippen LogP contribution < -0.4 is 19.1 Å². The van der Waals surface area contributed by atoms with Crippen molar-refractivity contribution < 1.29 is 23.4 Å². The van der Waals surface area contributed by atoms with Gasteiger partial charge >= 0.3 is 0 Å². The van der Waals surface area contributed by atoms with Gasteiger partial charge < -0.3 is 19.1 Å². The zero-order chi connectivity index (χ0) is 24.7. The number of aromatic nitrogens is 1. The van der Waals surface area contributed by atoms with Crippen LogP contribution in [0.3, 0.4) is 0 Å². The Kier molecular flexibility index (Phi) is 10.8. The van der Waals surface area contributed by atoms with E-state index in [0.717, 1.165) is 18.7 Å². The maximum Gasteiger partial charge on any atom is 0.252 e. The highest BCUT2D eigenvalue weighted by Crippen LogP contribution is 2.38. The molecule has 3 aromatic rings. The summed E-state index contributed by atoms with van der Waals surface area (Å²) in [6.07, 6.45) is 3.19. The van der Waals surface area contributed by atoms with Crippen LogP contribution in [0.1, 0.15) is 19.4 Å². The number of rotatable bonds is 11. The fourth-order valence-corrected chi connectivity index (χ4v) is 4.56. The van der Waals surface area contributed by atoms with Crippen LogP contribution in [-0.4, -0.2) is 63.3 Å². The van der Waals surface area contributed by atoms with Crippen LogP contribution in [0, 0.1) is 5.82 Å². The van der Waals surface area contributed by atoms with Crippen LogP contribution in [0.5, 0.6) is 17.2 Å². The van der Waals surface area contributed by atoms with E-state index in [9.17, 15) is 9.18 Å². The maximum absolute atomic E-state index is 13.7. The van der Waals surface area contributed by atoms with Crippen molar-refractivity contribution >= 4 is 51.1 Å². The molecule has 0 aliphatic heterocycles. The number of amides is 1. The molecule has 1 aromatic heterocycles. The molecule has 0 aliphatic carbocycles. The molecule has 1 amide bonds. The number of thiazole rings is 1. The molecule has 0 N–H and O–H groups in total. The highest BCUT2D eigenvalue weighted by atomic mass is 35.5. The van der Waals surface area contributed by atoms with Gasteiger partial charge in [0.25, 0.3) is 5.91 Å². The molecule has 0 fully saturated rings. The van der Waals surface area contributed by atoms with Gasteiger partial charge in [-0.15, -0.1) is 12.4 Å². The molecule has 0 radical (unpaired) electrons. The minimum atomic E-state index is -0.328. The van der Waals surface area contributed by atoms with Gasteiger partial charge in [0.05, 0.1) is 31.5 Å². The van der Waals surface area contributed by atoms with Crippen LogP contribution in [0.4, 0.5) is 9.52 Å². The summed E-state index contributed by atoms with van der Waals surface area (Å²) in [6, 6.07) is 7.98. The van der Waals surface area contributed by atoms with Crippen molar-refractivity contribution in [2.75, 3.05) is 52.4 Å². The second-order valence-corrected chi connectivity index (χ2v) is 8.43. The van der Waals surface area contributed by atoms with Gasteiger partial charge in [-0.2, -0.15) is 0 Å². The summed E-state index contributed by atoms with van der Waals surface area (Å²) in [6.45, 7) is 7.08. The van der Waals surface area contributed by atoms with Gasteiger partial charge in [-0.1, -0.05) is 25.2 Å². The quantitative estimate of drug-likeness (QED) is 0.319. The number of halogens is 2. The first-order valence-electron chi connectivity index (χ1n) is 11.0. The molecular weight excluding hydrogens is 493 g/mol. The summed E-state index contributed by atoms with van der Waals surface area (Å²) in [5.74, 6) is 0.934. The topological polar surface area (TPSA) is 64.1 Å². The van der Waals surface area contributed by atoms with Crippen molar-refractivity contribution in [3.63, 3.8) is 0 Å². The van der Waals surface area contributed by atoms with E-state index in [1.54, 1.807) is 43.4 Å². The minimum absolute atomic E-state index is 0. The zero-order valence-corrected chi connectivity index (χ0v) is 22.2. The Hall–Kier alpha value is -2.88. The summed E-state index contributed by atoms with van der Waals surface area (Å²) >= 11 is 1.30. The second-order valence-electron chi connectivity index (χ2n) is 7.42. The fraction of sp³-hybridized carbons (Fsp3) is 0.360. The summed E-state index contributed by atoms with van der Waals surface area (Å²) < 4.78 is 30.5. The van der Waals surface area contributed by atoms with Gasteiger partial charge in [-0.25, -0.2) is 9.37 Å². The van der Waals surface area contributed by atoms with Crippen LogP contribution in [0.15, 0.2) is 36.4 Å². The van der Waals surface area contributed by atoms with Gasteiger partial charge in [-0.05, 0) is 55.1 Å². The van der Waals surface area contributed by atoms with E-state index in [0.29, 0.717) is 45.7 Å². The third-order valence-electron chi connectivity index (χ3n) is 5.48. The van der Waals surface area contributed by atoms with E-state index in [1.807, 2.05) is 0 Å². The van der Waals surface area contributed by atoms with Gasteiger partial charge in [-0.3, -0.25) is 9.69 Å². The molecule has 0 unspecified atom stereocenters. The number of methoxy groups -OCH3 is 3. The fourth-order valence-electron chi connectivity index (χ4n) is 3.54. The smallest absolute Gasteiger partial charge is 0.252 e. The lowest BCUT2D eigenvalue weighted by molar-refractivity contribution is -0.114. The van der Waals surface area contributed by atoms with E-state index < -0.39 is 0 Å². The third-order valence-corrected chi connectivity index (χ3v) is 6.52. The molecule has 1 heterocycles. The van der Waals surface area contributed by atoms with Crippen molar-refractivity contribution in [2.24, 2.45) is 0 Å². The number of hydrogen-bond donors (Lipinski definition) is 0. The number of carbonyl (C=O) groups excluding carboxylic acids is 1. The van der Waals surface area contributed by atoms with Crippen molar-refractivity contribution in [1.82, 2.24) is 9.88 Å². The molecule has 2 aromatic carbocycles. The Labute approximate surface area is 215 Å². The van der Waals surface area contributed by atoms with Crippen molar-refractivity contribution in [3.8, 4) is 17.2 Å². The molecule has 3 rings (SSSR count). The Morgan fingerprint density at radius 2 is 1.69 bits per heavy atom. The standard InChI is InChI=1S/C25H30FN3O4S.ClH/c1-6-28(7-2)12-13-29(25-27-19-10-9-18(26)16-22(19)34-25)23(30)11-8-17-14-20(31-3)24(33-5)21(15-17)32-4;/h8-11,14-16H,6-7,12-13H2,1-5H3;1H. The highest BCUT2D eigenvalue weighted by molar-refractivity contribution is 7.22. The van der Waals surface area contributed by atoms with Gasteiger partial charge in [0, 0.05) is 19.2 Å². The number of hydrogen-bond acceptors (Lipinski definition) is 7. The van der Waals surface area contributed by atoms with Crippen molar-refractivity contribution in [1.29, 1.82) is 0 Å². The number of ether oxygens (including phenoxy) is 3. The lowest BCUT2D eigenvalue weighted by Crippen LogP contribution is -2.38. The largest absolute Gasteiger partial charge is 0.493 e. The van der Waals surface area contributed by atoms with Crippen LogP contribution in [-0.2, 0) is 4.79 Å². The summed E-state index contributed by atoms with van der Waals surface area (Å²) in [4.78, 5) is 21.8. The Morgan fingerprint density at radius 1 is 1.03 bits per heavy atom. The molecule has 0 bridgehead atoms. The van der Waals surface area contributed by atoms with Crippen LogP contribution in [0.2, 0.25) is 0 Å². The van der Waals surface area contributed by atoms with Gasteiger partial charge in [0.15, 0.2) is 16.6 Å². The molecule has 0 spiro atoms. The third kappa shape index (κ3) is 6.84. The van der Waals surface area contributed by atoms with Crippen molar-refractivity contribution in [3.05, 3.63) is 47.8 Å². The van der Waals surface area contributed by atoms with E-state index in [1.165, 1.54) is 36.7 Å². The average molecular weight is 524 g/mol. The summed E-state index contributed by atoms with van der Waals surface area (Å²) in [7, 11) is 4.62. The number of benzene rings is 2. The molecule has 10 heteroatoms. The number of anilines is 1. The molecule has 7 nitrogen and oxygen atoms in total. The SMILES string of the molecule is CCN(CC)CCN(C(=O)C=Cc1cc(OC)c(OC)c(OC)c1)c1nc2ccc(F)cc2s1.Cl. The first kappa shape index (κ1) is 28.4. The van der Waals surface area contributed by atoms with E-state index in [4.69, 9.17) is 14.2 Å². The minimum Gasteiger partial charge on any atom is -0.493 e. The maximum atomic E-state index is 13.7. The first-order valence-corrected chi connectivity index (χ1v) is 11.8. The molecular formula is C25H31ClFN3O4S. The van der Waals surface area contributed by atoms with Gasteiger partial charge in [0.1, 0.15) is 5.82 Å². The number of nitrogens with zero attached hydrogens (tertiary/aromatic N) is 3. The molecule has 0 saturated carbocycles. The highest BCUT2D eigenvalue weighted by Gasteiger charge is 2.19. The Morgan fingerprint density at radius 3 is 2.26 bits per heavy atom. The van der Waals surface area contributed by atoms with E-state index in [-0.39, 0.29) is 24.1 Å². The monoisotopic (exact) mass is 523 g/mol. The molecule has 35 heavy (non-hydrogen) atoms. The molecule has 0 aliphatic rings. The Bertz CT molecular complexity index is 1140. The predicted molar refractivity (Wildman–Crippen MR) is 142 cm³/mol. The lowest BCUT2D eigenvalue weighted by Gasteiger charge is -2.23. The van der Waals surface area contributed by atoms with Crippen LogP contribution in [0.25, 0.3) is 16.3 Å². The van der Waals surface area contributed by atoms with Gasteiger partial charge in [0.2, 0.25) is 5.75 Å². The van der Waals surface area contributed by atoms with Crippen LogP contribution >= 0.6 is 23.7 Å². The van der Waals surface area contributed by atoms with E-state index in [2.05, 4.69) is 23.7 Å². The average Bonchev–Trinajstić information content (AvgIpc) is 3.27. The van der Waals surface area contributed by atoms with Crippen molar-refractivity contribution in [2.45, 2.75) is 13.8 Å². The Balaban J connectivity index is 0.00000432. The normalized spacial score (nSPS) is 11.1. The summed E-state index contributed by atoms with van der Waals surface area (Å²) in [5.41, 5.74) is 1.38. The molecule has 0 atom stereocenters.